The fourth-order valence-corrected chi connectivity index (χ4v) is 4.15. The second kappa shape index (κ2) is 9.85. The van der Waals surface area contributed by atoms with Crippen molar-refractivity contribution in [3.8, 4) is 0 Å². The van der Waals surface area contributed by atoms with Crippen molar-refractivity contribution in [1.29, 1.82) is 0 Å². The van der Waals surface area contributed by atoms with Crippen LogP contribution in [0.25, 0.3) is 10.9 Å². The molecule has 36 heavy (non-hydrogen) atoms. The third kappa shape index (κ3) is 5.10. The van der Waals surface area contributed by atoms with Gasteiger partial charge in [-0.3, -0.25) is 9.48 Å². The van der Waals surface area contributed by atoms with Gasteiger partial charge in [0.15, 0.2) is 0 Å². The van der Waals surface area contributed by atoms with Crippen molar-refractivity contribution in [3.05, 3.63) is 100 Å². The molecule has 0 radical (unpaired) electrons. The summed E-state index contributed by atoms with van der Waals surface area (Å²) in [6, 6.07) is 16.3. The molecule has 2 N–H and O–H groups in total. The molecule has 1 atom stereocenters. The Bertz CT molecular complexity index is 1410. The van der Waals surface area contributed by atoms with Gasteiger partial charge in [0.1, 0.15) is 5.69 Å². The van der Waals surface area contributed by atoms with Crippen molar-refractivity contribution in [2.24, 2.45) is 0 Å². The van der Waals surface area contributed by atoms with Crippen molar-refractivity contribution in [1.82, 2.24) is 15.1 Å². The zero-order chi connectivity index (χ0) is 26.0. The number of carbonyl (C=O) groups is 2. The number of carboxylic acid groups (broad SMARTS) is 1. The van der Waals surface area contributed by atoms with Gasteiger partial charge in [-0.15, -0.1) is 0 Å². The zero-order valence-electron chi connectivity index (χ0n) is 19.6. The summed E-state index contributed by atoms with van der Waals surface area (Å²) >= 11 is 0. The van der Waals surface area contributed by atoms with Crippen molar-refractivity contribution in [2.45, 2.75) is 39.0 Å². The molecule has 1 aromatic heterocycles. The Labute approximate surface area is 205 Å². The van der Waals surface area contributed by atoms with Crippen molar-refractivity contribution in [3.63, 3.8) is 0 Å². The van der Waals surface area contributed by atoms with Gasteiger partial charge in [-0.25, -0.2) is 4.79 Å². The lowest BCUT2D eigenvalue weighted by molar-refractivity contribution is -0.137. The number of halogens is 3. The molecule has 0 aliphatic heterocycles. The molecule has 186 valence electrons. The lowest BCUT2D eigenvalue weighted by Gasteiger charge is -2.16. The largest absolute Gasteiger partial charge is 0.478 e. The third-order valence-electron chi connectivity index (χ3n) is 6.05. The molecule has 0 bridgehead atoms. The predicted octanol–water partition coefficient (Wildman–Crippen LogP) is 5.86. The Hall–Kier alpha value is -4.14. The van der Waals surface area contributed by atoms with E-state index in [-0.39, 0.29) is 11.5 Å². The van der Waals surface area contributed by atoms with Gasteiger partial charge < -0.3 is 10.4 Å². The highest BCUT2D eigenvalue weighted by molar-refractivity contribution is 6.06. The average Bonchev–Trinajstić information content (AvgIpc) is 3.24. The highest BCUT2D eigenvalue weighted by Gasteiger charge is 2.30. The predicted molar refractivity (Wildman–Crippen MR) is 129 cm³/mol. The molecule has 0 aliphatic carbocycles. The Kier molecular flexibility index (Phi) is 6.83. The summed E-state index contributed by atoms with van der Waals surface area (Å²) < 4.78 is 40.4. The van der Waals surface area contributed by atoms with E-state index < -0.39 is 23.8 Å². The first-order valence-electron chi connectivity index (χ1n) is 11.4. The monoisotopic (exact) mass is 495 g/mol. The third-order valence-corrected chi connectivity index (χ3v) is 6.05. The quantitative estimate of drug-likeness (QED) is 0.337. The molecular formula is C27H24F3N3O3. The Balaban J connectivity index is 1.65. The minimum Gasteiger partial charge on any atom is -0.478 e. The van der Waals surface area contributed by atoms with Crippen LogP contribution >= 0.6 is 0 Å². The summed E-state index contributed by atoms with van der Waals surface area (Å²) in [4.78, 5) is 24.5. The molecule has 0 unspecified atom stereocenters. The minimum atomic E-state index is -4.41. The first-order valence-corrected chi connectivity index (χ1v) is 11.4. The summed E-state index contributed by atoms with van der Waals surface area (Å²) in [6.07, 6.45) is -4.08. The van der Waals surface area contributed by atoms with Crippen LogP contribution in [0.15, 0.2) is 66.7 Å². The maximum atomic E-state index is 13.4. The molecule has 4 rings (SSSR count). The first-order chi connectivity index (χ1) is 17.1. The molecular weight excluding hydrogens is 471 g/mol. The van der Waals surface area contributed by atoms with E-state index in [9.17, 15) is 22.8 Å². The molecule has 4 aromatic rings. The molecule has 1 amide bonds. The standard InChI is InChI=1S/C27H24F3N3O3/c1-3-33-24(25(34)31-16(2)18-9-11-19(12-10-18)26(35)36)23-20(5-4-6-22(23)32-33)15-17-7-13-21(14-8-17)27(28,29)30/h4-14,16H,3,15H2,1-2H3,(H,31,34)(H,35,36)/t16-/m0/s1. The highest BCUT2D eigenvalue weighted by atomic mass is 19.4. The number of rotatable bonds is 7. The summed E-state index contributed by atoms with van der Waals surface area (Å²) in [5.41, 5.74) is 2.61. The van der Waals surface area contributed by atoms with E-state index in [1.165, 1.54) is 24.3 Å². The average molecular weight is 496 g/mol. The smallest absolute Gasteiger partial charge is 0.416 e. The summed E-state index contributed by atoms with van der Waals surface area (Å²) in [6.45, 7) is 4.11. The number of aromatic carboxylic acids is 1. The lowest BCUT2D eigenvalue weighted by Crippen LogP contribution is -2.29. The van der Waals surface area contributed by atoms with Crippen LogP contribution in [0.2, 0.25) is 0 Å². The van der Waals surface area contributed by atoms with E-state index in [1.807, 2.05) is 19.1 Å². The molecule has 0 aliphatic rings. The fraction of sp³-hybridized carbons (Fsp3) is 0.222. The summed E-state index contributed by atoms with van der Waals surface area (Å²) in [5, 5.41) is 17.2. The SMILES string of the molecule is CCn1nc2cccc(Cc3ccc(C(F)(F)F)cc3)c2c1C(=O)N[C@@H](C)c1ccc(C(=O)O)cc1. The molecule has 0 spiro atoms. The van der Waals surface area contributed by atoms with Gasteiger partial charge in [0.05, 0.1) is 22.7 Å². The molecule has 1 heterocycles. The van der Waals surface area contributed by atoms with Crippen LogP contribution in [-0.4, -0.2) is 26.8 Å². The number of amides is 1. The lowest BCUT2D eigenvalue weighted by atomic mass is 9.98. The number of fused-ring (bicyclic) bond motifs is 1. The Morgan fingerprint density at radius 3 is 2.28 bits per heavy atom. The molecule has 6 nitrogen and oxygen atoms in total. The minimum absolute atomic E-state index is 0.153. The number of carboxylic acids is 1. The molecule has 9 heteroatoms. The van der Waals surface area contributed by atoms with Crippen LogP contribution in [-0.2, 0) is 19.1 Å². The van der Waals surface area contributed by atoms with Crippen LogP contribution in [0.3, 0.4) is 0 Å². The van der Waals surface area contributed by atoms with E-state index in [0.717, 1.165) is 23.3 Å². The summed E-state index contributed by atoms with van der Waals surface area (Å²) in [5.74, 6) is -1.38. The van der Waals surface area contributed by atoms with Crippen molar-refractivity contribution in [2.75, 3.05) is 0 Å². The number of nitrogens with zero attached hydrogens (tertiary/aromatic N) is 2. The molecule has 0 saturated heterocycles. The highest BCUT2D eigenvalue weighted by Crippen LogP contribution is 2.30. The van der Waals surface area contributed by atoms with Crippen LogP contribution in [0.5, 0.6) is 0 Å². The number of aryl methyl sites for hydroxylation is 1. The van der Waals surface area contributed by atoms with Gasteiger partial charge in [0.25, 0.3) is 5.91 Å². The van der Waals surface area contributed by atoms with Crippen LogP contribution < -0.4 is 5.32 Å². The number of nitrogens with one attached hydrogen (secondary N) is 1. The molecule has 3 aromatic carbocycles. The van der Waals surface area contributed by atoms with E-state index in [4.69, 9.17) is 5.11 Å². The van der Waals surface area contributed by atoms with Crippen molar-refractivity contribution >= 4 is 22.8 Å². The normalized spacial score (nSPS) is 12.5. The van der Waals surface area contributed by atoms with Gasteiger partial charge in [-0.2, -0.15) is 18.3 Å². The van der Waals surface area contributed by atoms with Crippen LogP contribution in [0.4, 0.5) is 13.2 Å². The zero-order valence-corrected chi connectivity index (χ0v) is 19.6. The fourth-order valence-electron chi connectivity index (χ4n) is 4.15. The van der Waals surface area contributed by atoms with Gasteiger partial charge in [-0.1, -0.05) is 36.4 Å². The van der Waals surface area contributed by atoms with Gasteiger partial charge >= 0.3 is 12.1 Å². The topological polar surface area (TPSA) is 84.2 Å². The van der Waals surface area contributed by atoms with E-state index in [2.05, 4.69) is 10.4 Å². The number of carbonyl (C=O) groups excluding carboxylic acids is 1. The molecule has 0 fully saturated rings. The Morgan fingerprint density at radius 1 is 1.03 bits per heavy atom. The summed E-state index contributed by atoms with van der Waals surface area (Å²) in [7, 11) is 0. The van der Waals surface area contributed by atoms with Crippen LogP contribution in [0.1, 0.15) is 63.0 Å². The number of aromatic nitrogens is 2. The van der Waals surface area contributed by atoms with Gasteiger partial charge in [-0.05, 0) is 67.3 Å². The second-order valence-electron chi connectivity index (χ2n) is 8.47. The Morgan fingerprint density at radius 2 is 1.69 bits per heavy atom. The van der Waals surface area contributed by atoms with Gasteiger partial charge in [0, 0.05) is 11.9 Å². The van der Waals surface area contributed by atoms with E-state index in [1.54, 1.807) is 29.8 Å². The van der Waals surface area contributed by atoms with E-state index >= 15 is 0 Å². The maximum Gasteiger partial charge on any atom is 0.416 e. The van der Waals surface area contributed by atoms with Crippen molar-refractivity contribution < 1.29 is 27.9 Å². The number of hydrogen-bond donors (Lipinski definition) is 2. The van der Waals surface area contributed by atoms with Gasteiger partial charge in [0.2, 0.25) is 0 Å². The van der Waals surface area contributed by atoms with E-state index in [0.29, 0.717) is 35.1 Å². The first kappa shape index (κ1) is 25.0. The van der Waals surface area contributed by atoms with Crippen LogP contribution in [0, 0.1) is 0 Å². The number of hydrogen-bond acceptors (Lipinski definition) is 3. The number of alkyl halides is 3. The second-order valence-corrected chi connectivity index (χ2v) is 8.47. The number of benzene rings is 3. The molecule has 0 saturated carbocycles. The maximum absolute atomic E-state index is 13.4.